The maximum absolute atomic E-state index is 10.6. The van der Waals surface area contributed by atoms with Gasteiger partial charge in [0.15, 0.2) is 0 Å². The van der Waals surface area contributed by atoms with Crippen molar-refractivity contribution in [2.24, 2.45) is 0 Å². The van der Waals surface area contributed by atoms with Crippen LogP contribution in [0.2, 0.25) is 0 Å². The van der Waals surface area contributed by atoms with Gasteiger partial charge in [0, 0.05) is 29.7 Å². The van der Waals surface area contributed by atoms with Gasteiger partial charge in [-0.3, -0.25) is 0 Å². The van der Waals surface area contributed by atoms with Crippen LogP contribution in [0.1, 0.15) is 16.8 Å². The van der Waals surface area contributed by atoms with Crippen LogP contribution in [-0.4, -0.2) is 28.4 Å². The lowest BCUT2D eigenvalue weighted by Crippen LogP contribution is -2.25. The summed E-state index contributed by atoms with van der Waals surface area (Å²) in [6, 6.07) is 19.5. The van der Waals surface area contributed by atoms with Crippen molar-refractivity contribution in [3.05, 3.63) is 71.4 Å². The molecule has 7 heteroatoms. The Hall–Kier alpha value is -2.80. The molecule has 2 heterocycles. The fourth-order valence-corrected chi connectivity index (χ4v) is 3.28. The molecule has 0 atom stereocenters. The second-order valence-corrected chi connectivity index (χ2v) is 6.24. The molecule has 27 heavy (non-hydrogen) atoms. The van der Waals surface area contributed by atoms with Gasteiger partial charge in [-0.15, -0.1) is 0 Å². The van der Waals surface area contributed by atoms with Crippen LogP contribution >= 0.6 is 0 Å². The van der Waals surface area contributed by atoms with Crippen molar-refractivity contribution in [1.29, 1.82) is 0 Å². The summed E-state index contributed by atoms with van der Waals surface area (Å²) in [6.07, 6.45) is -3.95. The Morgan fingerprint density at radius 3 is 2.37 bits per heavy atom. The number of carboxylic acids is 1. The number of para-hydroxylation sites is 1. The van der Waals surface area contributed by atoms with Crippen LogP contribution in [0.5, 0.6) is 0 Å². The Bertz CT molecular complexity index is 934. The molecule has 1 aliphatic heterocycles. The summed E-state index contributed by atoms with van der Waals surface area (Å²) in [5, 5.41) is 12.1. The first-order chi connectivity index (χ1) is 12.9. The van der Waals surface area contributed by atoms with E-state index in [9.17, 15) is 13.2 Å². The third-order valence-corrected chi connectivity index (χ3v) is 4.46. The number of carbonyl (C=O) groups is 1. The minimum Gasteiger partial charge on any atom is -0.475 e. The first-order valence-electron chi connectivity index (χ1n) is 8.51. The van der Waals surface area contributed by atoms with Crippen LogP contribution in [-0.2, 0) is 24.3 Å². The lowest BCUT2D eigenvalue weighted by molar-refractivity contribution is -0.192. The summed E-state index contributed by atoms with van der Waals surface area (Å²) >= 11 is 0. The topological polar surface area (TPSA) is 54.3 Å². The van der Waals surface area contributed by atoms with E-state index in [0.29, 0.717) is 0 Å². The SMILES string of the molecule is O=C(O)C(F)(F)F.c1ccc(Cn2c3c(c4ccccc42)CCNC3)cc1. The van der Waals surface area contributed by atoms with Crippen molar-refractivity contribution in [3.8, 4) is 0 Å². The second kappa shape index (κ2) is 7.84. The number of benzene rings is 2. The fraction of sp³-hybridized carbons (Fsp3) is 0.250. The van der Waals surface area contributed by atoms with Gasteiger partial charge in [-0.1, -0.05) is 48.5 Å². The van der Waals surface area contributed by atoms with Crippen molar-refractivity contribution in [2.75, 3.05) is 6.54 Å². The number of rotatable bonds is 2. The van der Waals surface area contributed by atoms with E-state index >= 15 is 0 Å². The summed E-state index contributed by atoms with van der Waals surface area (Å²) in [5.41, 5.74) is 5.73. The van der Waals surface area contributed by atoms with Gasteiger partial charge in [0.1, 0.15) is 0 Å². The van der Waals surface area contributed by atoms with E-state index in [1.54, 1.807) is 0 Å². The lowest BCUT2D eigenvalue weighted by Gasteiger charge is -2.17. The number of aromatic nitrogens is 1. The monoisotopic (exact) mass is 376 g/mol. The number of hydrogen-bond donors (Lipinski definition) is 2. The summed E-state index contributed by atoms with van der Waals surface area (Å²) < 4.78 is 34.2. The average Bonchev–Trinajstić information content (AvgIpc) is 2.97. The molecule has 4 rings (SSSR count). The standard InChI is InChI=1S/C18H18N2.C2HF3O2/c1-2-6-14(7-3-1)13-20-17-9-5-4-8-15(17)16-10-11-19-12-18(16)20;3-2(4,5)1(6)7/h1-9,19H,10-13H2;(H,6,7). The van der Waals surface area contributed by atoms with Crippen molar-refractivity contribution in [3.63, 3.8) is 0 Å². The van der Waals surface area contributed by atoms with Crippen LogP contribution in [0.4, 0.5) is 13.2 Å². The Morgan fingerprint density at radius 1 is 1.07 bits per heavy atom. The van der Waals surface area contributed by atoms with E-state index in [0.717, 1.165) is 26.1 Å². The van der Waals surface area contributed by atoms with Gasteiger partial charge in [0.05, 0.1) is 0 Å². The molecular formula is C20H19F3N2O2. The number of hydrogen-bond acceptors (Lipinski definition) is 2. The molecule has 1 aliphatic rings. The zero-order valence-electron chi connectivity index (χ0n) is 14.5. The van der Waals surface area contributed by atoms with Crippen molar-refractivity contribution in [2.45, 2.75) is 25.7 Å². The third kappa shape index (κ3) is 4.31. The van der Waals surface area contributed by atoms with Crippen LogP contribution in [0, 0.1) is 0 Å². The minimum atomic E-state index is -5.08. The highest BCUT2D eigenvalue weighted by Gasteiger charge is 2.38. The molecule has 142 valence electrons. The number of alkyl halides is 3. The molecule has 0 saturated carbocycles. The van der Waals surface area contributed by atoms with E-state index in [1.807, 2.05) is 0 Å². The van der Waals surface area contributed by atoms with Gasteiger partial charge in [-0.25, -0.2) is 4.79 Å². The van der Waals surface area contributed by atoms with Gasteiger partial charge in [0.2, 0.25) is 0 Å². The molecule has 0 fully saturated rings. The van der Waals surface area contributed by atoms with Crippen molar-refractivity contribution >= 4 is 16.9 Å². The van der Waals surface area contributed by atoms with Crippen LogP contribution in [0.3, 0.4) is 0 Å². The molecule has 0 aliphatic carbocycles. The molecular weight excluding hydrogens is 357 g/mol. The molecule has 0 spiro atoms. The Morgan fingerprint density at radius 2 is 1.70 bits per heavy atom. The quantitative estimate of drug-likeness (QED) is 0.712. The van der Waals surface area contributed by atoms with Gasteiger partial charge in [0.25, 0.3) is 0 Å². The second-order valence-electron chi connectivity index (χ2n) is 6.24. The number of aliphatic carboxylic acids is 1. The summed E-state index contributed by atoms with van der Waals surface area (Å²) in [5.74, 6) is -2.76. The molecule has 2 aromatic carbocycles. The predicted molar refractivity (Wildman–Crippen MR) is 96.6 cm³/mol. The first kappa shape index (κ1) is 19.0. The molecule has 4 nitrogen and oxygen atoms in total. The molecule has 3 aromatic rings. The highest BCUT2D eigenvalue weighted by Crippen LogP contribution is 2.29. The normalized spacial score (nSPS) is 13.6. The van der Waals surface area contributed by atoms with Crippen molar-refractivity contribution < 1.29 is 23.1 Å². The molecule has 0 unspecified atom stereocenters. The Balaban J connectivity index is 0.000000260. The Kier molecular flexibility index (Phi) is 5.51. The van der Waals surface area contributed by atoms with Gasteiger partial charge < -0.3 is 15.0 Å². The predicted octanol–water partition coefficient (Wildman–Crippen LogP) is 3.97. The molecule has 2 N–H and O–H groups in total. The average molecular weight is 376 g/mol. The van der Waals surface area contributed by atoms with Gasteiger partial charge >= 0.3 is 12.1 Å². The molecule has 0 bridgehead atoms. The highest BCUT2D eigenvalue weighted by molar-refractivity contribution is 5.86. The Labute approximate surface area is 154 Å². The van der Waals surface area contributed by atoms with Crippen LogP contribution in [0.25, 0.3) is 10.9 Å². The molecule has 0 saturated heterocycles. The summed E-state index contributed by atoms with van der Waals surface area (Å²) in [4.78, 5) is 8.90. The van der Waals surface area contributed by atoms with E-state index in [1.165, 1.54) is 27.7 Å². The largest absolute Gasteiger partial charge is 0.490 e. The maximum Gasteiger partial charge on any atom is 0.490 e. The number of halogens is 3. The smallest absolute Gasteiger partial charge is 0.475 e. The zero-order chi connectivity index (χ0) is 19.4. The molecule has 0 amide bonds. The zero-order valence-corrected chi connectivity index (χ0v) is 14.5. The summed E-state index contributed by atoms with van der Waals surface area (Å²) in [6.45, 7) is 3.03. The van der Waals surface area contributed by atoms with Crippen LogP contribution in [0.15, 0.2) is 54.6 Å². The number of carboxylic acid groups (broad SMARTS) is 1. The lowest BCUT2D eigenvalue weighted by atomic mass is 10.1. The highest BCUT2D eigenvalue weighted by atomic mass is 19.4. The summed E-state index contributed by atoms with van der Waals surface area (Å²) in [7, 11) is 0. The first-order valence-corrected chi connectivity index (χ1v) is 8.51. The fourth-order valence-electron chi connectivity index (χ4n) is 3.28. The van der Waals surface area contributed by atoms with Gasteiger partial charge in [-0.2, -0.15) is 13.2 Å². The van der Waals surface area contributed by atoms with E-state index in [2.05, 4.69) is 64.5 Å². The third-order valence-electron chi connectivity index (χ3n) is 4.46. The molecule has 0 radical (unpaired) electrons. The van der Waals surface area contributed by atoms with Crippen LogP contribution < -0.4 is 5.32 Å². The number of nitrogens with one attached hydrogen (secondary N) is 1. The molecule has 1 aromatic heterocycles. The van der Waals surface area contributed by atoms with E-state index < -0.39 is 12.1 Å². The van der Waals surface area contributed by atoms with Gasteiger partial charge in [-0.05, 0) is 30.2 Å². The van der Waals surface area contributed by atoms with Crippen molar-refractivity contribution in [1.82, 2.24) is 9.88 Å². The van der Waals surface area contributed by atoms with E-state index in [-0.39, 0.29) is 0 Å². The van der Waals surface area contributed by atoms with E-state index in [4.69, 9.17) is 9.90 Å². The minimum absolute atomic E-state index is 0.957. The number of nitrogens with zero attached hydrogens (tertiary/aromatic N) is 1. The maximum atomic E-state index is 10.6. The number of fused-ring (bicyclic) bond motifs is 3.